The van der Waals surface area contributed by atoms with E-state index in [1.807, 2.05) is 25.3 Å². The van der Waals surface area contributed by atoms with E-state index in [2.05, 4.69) is 17.1 Å². The van der Waals surface area contributed by atoms with Crippen molar-refractivity contribution in [1.29, 1.82) is 0 Å². The van der Waals surface area contributed by atoms with E-state index in [1.54, 1.807) is 0 Å². The highest BCUT2D eigenvalue weighted by molar-refractivity contribution is 5.54. The largest absolute Gasteiger partial charge is 0.369 e. The SMILES string of the molecule is CN(C)C=NC1C=CCC1. The summed E-state index contributed by atoms with van der Waals surface area (Å²) in [6.45, 7) is 0. The van der Waals surface area contributed by atoms with Crippen LogP contribution in [0.1, 0.15) is 12.8 Å². The molecule has 0 heterocycles. The summed E-state index contributed by atoms with van der Waals surface area (Å²) in [5.74, 6) is 0. The molecule has 2 heteroatoms. The van der Waals surface area contributed by atoms with Crippen molar-refractivity contribution in [3.8, 4) is 0 Å². The van der Waals surface area contributed by atoms with Gasteiger partial charge in [0.1, 0.15) is 0 Å². The summed E-state index contributed by atoms with van der Waals surface area (Å²) in [6.07, 6.45) is 8.61. The molecule has 0 aromatic rings. The summed E-state index contributed by atoms with van der Waals surface area (Å²) in [6, 6.07) is 0.447. The lowest BCUT2D eigenvalue weighted by Gasteiger charge is -2.04. The fourth-order valence-corrected chi connectivity index (χ4v) is 0.960. The van der Waals surface area contributed by atoms with Gasteiger partial charge in [0.15, 0.2) is 0 Å². The van der Waals surface area contributed by atoms with Gasteiger partial charge < -0.3 is 4.90 Å². The van der Waals surface area contributed by atoms with Gasteiger partial charge in [-0.15, -0.1) is 0 Å². The van der Waals surface area contributed by atoms with Crippen LogP contribution in [0, 0.1) is 0 Å². The lowest BCUT2D eigenvalue weighted by atomic mass is 10.3. The molecule has 2 nitrogen and oxygen atoms in total. The van der Waals surface area contributed by atoms with Gasteiger partial charge in [-0.3, -0.25) is 4.99 Å². The Labute approximate surface area is 62.3 Å². The summed E-state index contributed by atoms with van der Waals surface area (Å²) in [5.41, 5.74) is 0. The molecule has 56 valence electrons. The maximum atomic E-state index is 4.34. The van der Waals surface area contributed by atoms with Crippen LogP contribution in [0.3, 0.4) is 0 Å². The highest BCUT2D eigenvalue weighted by Crippen LogP contribution is 2.11. The number of hydrogen-bond donors (Lipinski definition) is 0. The van der Waals surface area contributed by atoms with Crippen molar-refractivity contribution in [2.75, 3.05) is 14.1 Å². The lowest BCUT2D eigenvalue weighted by Crippen LogP contribution is -2.10. The Kier molecular flexibility index (Phi) is 2.49. The molecule has 10 heavy (non-hydrogen) atoms. The van der Waals surface area contributed by atoms with Crippen LogP contribution < -0.4 is 0 Å². The van der Waals surface area contributed by atoms with Gasteiger partial charge in [-0.05, 0) is 12.8 Å². The second kappa shape index (κ2) is 3.40. The van der Waals surface area contributed by atoms with E-state index in [4.69, 9.17) is 0 Å². The van der Waals surface area contributed by atoms with Gasteiger partial charge in [-0.2, -0.15) is 0 Å². The third-order valence-corrected chi connectivity index (χ3v) is 1.48. The summed E-state index contributed by atoms with van der Waals surface area (Å²) >= 11 is 0. The monoisotopic (exact) mass is 138 g/mol. The summed E-state index contributed by atoms with van der Waals surface area (Å²) in [5, 5.41) is 0. The first kappa shape index (κ1) is 7.32. The number of rotatable bonds is 2. The van der Waals surface area contributed by atoms with Gasteiger partial charge in [0.05, 0.1) is 12.4 Å². The number of nitrogens with zero attached hydrogens (tertiary/aromatic N) is 2. The topological polar surface area (TPSA) is 15.6 Å². The minimum Gasteiger partial charge on any atom is -0.369 e. The zero-order valence-corrected chi connectivity index (χ0v) is 6.62. The first-order valence-electron chi connectivity index (χ1n) is 3.65. The average molecular weight is 138 g/mol. The van der Waals surface area contributed by atoms with Gasteiger partial charge in [-0.1, -0.05) is 12.2 Å². The number of aliphatic imine (C=N–C) groups is 1. The Bertz CT molecular complexity index is 147. The Morgan fingerprint density at radius 3 is 2.90 bits per heavy atom. The lowest BCUT2D eigenvalue weighted by molar-refractivity contribution is 0.631. The molecule has 0 N–H and O–H groups in total. The fourth-order valence-electron chi connectivity index (χ4n) is 0.960. The third kappa shape index (κ3) is 2.21. The van der Waals surface area contributed by atoms with Crippen LogP contribution in [0.15, 0.2) is 17.1 Å². The normalized spacial score (nSPS) is 24.4. The summed E-state index contributed by atoms with van der Waals surface area (Å²) in [4.78, 5) is 6.30. The van der Waals surface area contributed by atoms with Gasteiger partial charge in [0.25, 0.3) is 0 Å². The molecular formula is C8H14N2. The minimum absolute atomic E-state index is 0.447. The molecule has 1 atom stereocenters. The van der Waals surface area contributed by atoms with Crippen LogP contribution in [-0.4, -0.2) is 31.4 Å². The molecule has 0 aromatic carbocycles. The molecule has 0 spiro atoms. The second-order valence-corrected chi connectivity index (χ2v) is 2.80. The highest BCUT2D eigenvalue weighted by Gasteiger charge is 2.04. The molecule has 0 saturated carbocycles. The summed E-state index contributed by atoms with van der Waals surface area (Å²) < 4.78 is 0. The van der Waals surface area contributed by atoms with Gasteiger partial charge in [0, 0.05) is 14.1 Å². The van der Waals surface area contributed by atoms with Crippen molar-refractivity contribution in [3.63, 3.8) is 0 Å². The molecule has 0 radical (unpaired) electrons. The fraction of sp³-hybridized carbons (Fsp3) is 0.625. The van der Waals surface area contributed by atoms with Crippen molar-refractivity contribution < 1.29 is 0 Å². The van der Waals surface area contributed by atoms with Crippen molar-refractivity contribution >= 4 is 6.34 Å². The zero-order chi connectivity index (χ0) is 7.40. The zero-order valence-electron chi connectivity index (χ0n) is 6.62. The first-order valence-corrected chi connectivity index (χ1v) is 3.65. The maximum absolute atomic E-state index is 4.34. The molecule has 0 fully saturated rings. The Hall–Kier alpha value is -0.790. The predicted octanol–water partition coefficient (Wildman–Crippen LogP) is 1.29. The minimum atomic E-state index is 0.447. The van der Waals surface area contributed by atoms with Gasteiger partial charge in [0.2, 0.25) is 0 Å². The van der Waals surface area contributed by atoms with E-state index in [9.17, 15) is 0 Å². The van der Waals surface area contributed by atoms with Crippen molar-refractivity contribution in [2.24, 2.45) is 4.99 Å². The van der Waals surface area contributed by atoms with Gasteiger partial charge in [-0.25, -0.2) is 0 Å². The van der Waals surface area contributed by atoms with Crippen LogP contribution in [-0.2, 0) is 0 Å². The molecular weight excluding hydrogens is 124 g/mol. The quantitative estimate of drug-likeness (QED) is 0.319. The van der Waals surface area contributed by atoms with Crippen LogP contribution in [0.25, 0.3) is 0 Å². The molecule has 1 rings (SSSR count). The summed E-state index contributed by atoms with van der Waals surface area (Å²) in [7, 11) is 3.98. The highest BCUT2D eigenvalue weighted by atomic mass is 15.1. The molecule has 0 amide bonds. The molecule has 0 saturated heterocycles. The van der Waals surface area contributed by atoms with Crippen molar-refractivity contribution in [2.45, 2.75) is 18.9 Å². The average Bonchev–Trinajstić information content (AvgIpc) is 2.34. The Balaban J connectivity index is 2.30. The van der Waals surface area contributed by atoms with Crippen LogP contribution in [0.2, 0.25) is 0 Å². The van der Waals surface area contributed by atoms with E-state index in [1.165, 1.54) is 12.8 Å². The third-order valence-electron chi connectivity index (χ3n) is 1.48. The molecule has 1 unspecified atom stereocenters. The first-order chi connectivity index (χ1) is 4.79. The van der Waals surface area contributed by atoms with Crippen LogP contribution >= 0.6 is 0 Å². The van der Waals surface area contributed by atoms with Crippen molar-refractivity contribution in [1.82, 2.24) is 4.90 Å². The number of allylic oxidation sites excluding steroid dienone is 1. The Morgan fingerprint density at radius 2 is 2.40 bits per heavy atom. The maximum Gasteiger partial charge on any atom is 0.0851 e. The van der Waals surface area contributed by atoms with E-state index in [-0.39, 0.29) is 0 Å². The Morgan fingerprint density at radius 1 is 1.60 bits per heavy atom. The van der Waals surface area contributed by atoms with Crippen molar-refractivity contribution in [3.05, 3.63) is 12.2 Å². The molecule has 0 aliphatic heterocycles. The van der Waals surface area contributed by atoms with E-state index in [0.29, 0.717) is 6.04 Å². The van der Waals surface area contributed by atoms with E-state index in [0.717, 1.165) is 0 Å². The van der Waals surface area contributed by atoms with Gasteiger partial charge >= 0.3 is 0 Å². The van der Waals surface area contributed by atoms with Crippen LogP contribution in [0.5, 0.6) is 0 Å². The van der Waals surface area contributed by atoms with E-state index >= 15 is 0 Å². The van der Waals surface area contributed by atoms with Crippen LogP contribution in [0.4, 0.5) is 0 Å². The van der Waals surface area contributed by atoms with E-state index < -0.39 is 0 Å². The molecule has 1 aliphatic carbocycles. The standard InChI is InChI=1S/C8H14N2/c1-10(2)7-9-8-5-3-4-6-8/h3,5,7-8H,4,6H2,1-2H3. The molecule has 0 aromatic heterocycles. The molecule has 0 bridgehead atoms. The number of hydrogen-bond acceptors (Lipinski definition) is 1. The smallest absolute Gasteiger partial charge is 0.0851 e. The molecule has 1 aliphatic rings. The predicted molar refractivity (Wildman–Crippen MR) is 44.3 cm³/mol. The second-order valence-electron chi connectivity index (χ2n) is 2.80.